The largest absolute Gasteiger partial charge is 0.254 e. The number of fused-ring (bicyclic) bond motifs is 4. The van der Waals surface area contributed by atoms with Crippen LogP contribution >= 0.6 is 0 Å². The van der Waals surface area contributed by atoms with Gasteiger partial charge >= 0.3 is 0 Å². The topological polar surface area (TPSA) is 51.6 Å². The Balaban J connectivity index is 1.64. The van der Waals surface area contributed by atoms with E-state index in [1.807, 2.05) is 24.5 Å². The molecule has 0 N–H and O–H groups in total. The molecule has 0 saturated heterocycles. The van der Waals surface area contributed by atoms with Gasteiger partial charge in [0.05, 0.1) is 28.5 Å². The zero-order valence-corrected chi connectivity index (χ0v) is 17.7. The first kappa shape index (κ1) is 18.2. The number of hydrogen-bond donors (Lipinski definition) is 0. The molecule has 0 spiro atoms. The minimum atomic E-state index is -0.0959. The average Bonchev–Trinajstić information content (AvgIpc) is 2.90. The van der Waals surface area contributed by atoms with Crippen LogP contribution in [0.1, 0.15) is 22.7 Å². The molecule has 6 aromatic rings. The highest BCUT2D eigenvalue weighted by Gasteiger charge is 2.33. The van der Waals surface area contributed by atoms with Gasteiger partial charge in [0.2, 0.25) is 0 Å². The molecule has 0 fully saturated rings. The van der Waals surface area contributed by atoms with E-state index in [-0.39, 0.29) is 5.92 Å². The van der Waals surface area contributed by atoms with Crippen molar-refractivity contribution in [2.45, 2.75) is 5.92 Å². The SMILES string of the molecule is c1ccc(-c2ccccc2C2c3cncnc3-c3nccc4c3c2nc2ccccc24)cc1. The molecule has 1 atom stereocenters. The van der Waals surface area contributed by atoms with Crippen molar-refractivity contribution in [3.63, 3.8) is 0 Å². The van der Waals surface area contributed by atoms with Gasteiger partial charge < -0.3 is 0 Å². The minimum Gasteiger partial charge on any atom is -0.254 e. The predicted octanol–water partition coefficient (Wildman–Crippen LogP) is 6.40. The molecule has 1 aliphatic carbocycles. The highest BCUT2D eigenvalue weighted by molar-refractivity contribution is 6.12. The molecular formula is C29H18N4. The van der Waals surface area contributed by atoms with Gasteiger partial charge in [0.1, 0.15) is 6.33 Å². The molecule has 3 aromatic carbocycles. The Labute approximate surface area is 190 Å². The van der Waals surface area contributed by atoms with Crippen LogP contribution < -0.4 is 0 Å². The van der Waals surface area contributed by atoms with E-state index in [4.69, 9.17) is 15.0 Å². The van der Waals surface area contributed by atoms with Crippen molar-refractivity contribution in [3.8, 4) is 22.5 Å². The Morgan fingerprint density at radius 1 is 0.636 bits per heavy atom. The Morgan fingerprint density at radius 2 is 1.45 bits per heavy atom. The second-order valence-corrected chi connectivity index (χ2v) is 8.31. The van der Waals surface area contributed by atoms with Crippen molar-refractivity contribution >= 4 is 21.7 Å². The summed E-state index contributed by atoms with van der Waals surface area (Å²) in [6.45, 7) is 0. The number of hydrogen-bond acceptors (Lipinski definition) is 4. The van der Waals surface area contributed by atoms with E-state index in [9.17, 15) is 0 Å². The lowest BCUT2D eigenvalue weighted by molar-refractivity contribution is 0.905. The highest BCUT2D eigenvalue weighted by Crippen LogP contribution is 2.48. The fourth-order valence-corrected chi connectivity index (χ4v) is 5.16. The third kappa shape index (κ3) is 2.64. The van der Waals surface area contributed by atoms with Crippen molar-refractivity contribution in [3.05, 3.63) is 120 Å². The summed E-state index contributed by atoms with van der Waals surface area (Å²) in [4.78, 5) is 19.1. The molecule has 154 valence electrons. The zero-order chi connectivity index (χ0) is 21.8. The molecule has 1 aliphatic rings. The van der Waals surface area contributed by atoms with E-state index < -0.39 is 0 Å². The van der Waals surface area contributed by atoms with Gasteiger partial charge in [0.15, 0.2) is 0 Å². The van der Waals surface area contributed by atoms with Crippen LogP contribution in [0.3, 0.4) is 0 Å². The summed E-state index contributed by atoms with van der Waals surface area (Å²) in [5.74, 6) is -0.0959. The second kappa shape index (κ2) is 7.04. The zero-order valence-electron chi connectivity index (χ0n) is 17.7. The Bertz CT molecular complexity index is 1670. The molecular weight excluding hydrogens is 404 g/mol. The summed E-state index contributed by atoms with van der Waals surface area (Å²) >= 11 is 0. The Hall–Kier alpha value is -4.44. The molecule has 3 aromatic heterocycles. The lowest BCUT2D eigenvalue weighted by atomic mass is 9.78. The maximum Gasteiger partial charge on any atom is 0.116 e. The Morgan fingerprint density at radius 3 is 2.39 bits per heavy atom. The number of aromatic nitrogens is 4. The normalized spacial score (nSPS) is 14.4. The van der Waals surface area contributed by atoms with E-state index in [0.717, 1.165) is 44.3 Å². The predicted molar refractivity (Wildman–Crippen MR) is 131 cm³/mol. The van der Waals surface area contributed by atoms with Gasteiger partial charge in [-0.2, -0.15) is 0 Å². The van der Waals surface area contributed by atoms with Crippen LogP contribution in [0.15, 0.2) is 104 Å². The number of benzene rings is 3. The summed E-state index contributed by atoms with van der Waals surface area (Å²) in [7, 11) is 0. The van der Waals surface area contributed by atoms with Gasteiger partial charge in [-0.1, -0.05) is 72.8 Å². The third-order valence-corrected chi connectivity index (χ3v) is 6.55. The summed E-state index contributed by atoms with van der Waals surface area (Å²) < 4.78 is 0. The standard InChI is InChI=1S/C29H18N4/c1-2-8-18(9-3-1)19-10-4-5-12-21(19)25-23-16-30-17-32-27(23)29-26-22(14-15-31-29)20-11-6-7-13-24(20)33-28(25)26/h1-17,25H. The highest BCUT2D eigenvalue weighted by atomic mass is 14.9. The van der Waals surface area contributed by atoms with E-state index >= 15 is 0 Å². The molecule has 0 radical (unpaired) electrons. The summed E-state index contributed by atoms with van der Waals surface area (Å²) in [5, 5.41) is 3.37. The molecule has 1 unspecified atom stereocenters. The van der Waals surface area contributed by atoms with Crippen molar-refractivity contribution in [2.24, 2.45) is 0 Å². The van der Waals surface area contributed by atoms with Gasteiger partial charge in [-0.05, 0) is 34.2 Å². The van der Waals surface area contributed by atoms with Gasteiger partial charge in [-0.25, -0.2) is 9.97 Å². The van der Waals surface area contributed by atoms with Crippen LogP contribution in [0, 0.1) is 0 Å². The molecule has 3 heterocycles. The van der Waals surface area contributed by atoms with Gasteiger partial charge in [-0.3, -0.25) is 9.97 Å². The molecule has 7 rings (SSSR count). The molecule has 0 saturated carbocycles. The van der Waals surface area contributed by atoms with E-state index in [1.54, 1.807) is 6.33 Å². The number of para-hydroxylation sites is 1. The second-order valence-electron chi connectivity index (χ2n) is 8.31. The van der Waals surface area contributed by atoms with Gasteiger partial charge in [-0.15, -0.1) is 0 Å². The van der Waals surface area contributed by atoms with Crippen LogP contribution in [0.2, 0.25) is 0 Å². The first-order valence-electron chi connectivity index (χ1n) is 11.0. The first-order chi connectivity index (χ1) is 16.4. The molecule has 0 bridgehead atoms. The van der Waals surface area contributed by atoms with E-state index in [1.165, 1.54) is 16.7 Å². The number of nitrogens with zero attached hydrogens (tertiary/aromatic N) is 4. The lowest BCUT2D eigenvalue weighted by Crippen LogP contribution is -2.15. The van der Waals surface area contributed by atoms with Crippen LogP contribution in [-0.2, 0) is 0 Å². The van der Waals surface area contributed by atoms with Crippen LogP contribution in [0.25, 0.3) is 44.2 Å². The van der Waals surface area contributed by atoms with Crippen molar-refractivity contribution in [2.75, 3.05) is 0 Å². The van der Waals surface area contributed by atoms with Crippen molar-refractivity contribution in [1.29, 1.82) is 0 Å². The maximum atomic E-state index is 5.23. The van der Waals surface area contributed by atoms with Crippen molar-refractivity contribution < 1.29 is 0 Å². The molecule has 4 heteroatoms. The van der Waals surface area contributed by atoms with E-state index in [0.29, 0.717) is 0 Å². The van der Waals surface area contributed by atoms with Crippen LogP contribution in [-0.4, -0.2) is 19.9 Å². The minimum absolute atomic E-state index is 0.0959. The fraction of sp³-hybridized carbons (Fsp3) is 0.0345. The number of rotatable bonds is 2. The monoisotopic (exact) mass is 422 g/mol. The molecule has 0 aliphatic heterocycles. The van der Waals surface area contributed by atoms with Gasteiger partial charge in [0.25, 0.3) is 0 Å². The fourth-order valence-electron chi connectivity index (χ4n) is 5.16. The van der Waals surface area contributed by atoms with Crippen LogP contribution in [0.5, 0.6) is 0 Å². The average molecular weight is 422 g/mol. The van der Waals surface area contributed by atoms with Crippen LogP contribution in [0.4, 0.5) is 0 Å². The summed E-state index contributed by atoms with van der Waals surface area (Å²) in [6, 6.07) is 29.5. The smallest absolute Gasteiger partial charge is 0.116 e. The molecule has 33 heavy (non-hydrogen) atoms. The lowest BCUT2D eigenvalue weighted by Gasteiger charge is -2.28. The summed E-state index contributed by atoms with van der Waals surface area (Å²) in [6.07, 6.45) is 5.41. The van der Waals surface area contributed by atoms with Gasteiger partial charge in [0, 0.05) is 28.7 Å². The molecule has 4 nitrogen and oxygen atoms in total. The summed E-state index contributed by atoms with van der Waals surface area (Å²) in [5.41, 5.74) is 8.36. The third-order valence-electron chi connectivity index (χ3n) is 6.55. The van der Waals surface area contributed by atoms with Crippen molar-refractivity contribution in [1.82, 2.24) is 19.9 Å². The van der Waals surface area contributed by atoms with E-state index in [2.05, 4.69) is 77.8 Å². The first-order valence-corrected chi connectivity index (χ1v) is 11.0. The quantitative estimate of drug-likeness (QED) is 0.303. The maximum absolute atomic E-state index is 5.23. The number of pyridine rings is 2. The Kier molecular flexibility index (Phi) is 3.87. The molecule has 0 amide bonds.